The van der Waals surface area contributed by atoms with Crippen molar-refractivity contribution in [2.24, 2.45) is 5.73 Å². The van der Waals surface area contributed by atoms with Crippen molar-refractivity contribution >= 4 is 38.4 Å². The third kappa shape index (κ3) is 3.32. The van der Waals surface area contributed by atoms with Crippen LogP contribution >= 0.6 is 11.6 Å². The molecule has 4 rings (SSSR count). The molecule has 0 fully saturated rings. The second kappa shape index (κ2) is 7.09. The number of fused-ring (bicyclic) bond motifs is 2. The van der Waals surface area contributed by atoms with Gasteiger partial charge in [0.2, 0.25) is 5.91 Å². The molecule has 0 aromatic heterocycles. The van der Waals surface area contributed by atoms with Crippen LogP contribution in [0.15, 0.2) is 59.5 Å². The molecule has 3 aromatic carbocycles. The standard InChI is InChI=1S/C20H17ClN2O4S/c21-17-7-8-18(16-4-2-1-3-15(16)17)28(25,26)27-13-5-6-14-12(11-13)9-10-23-19(14)20(22)24/h1-8,11,19,23H,9-10H2,(H2,22,24). The van der Waals surface area contributed by atoms with Crippen LogP contribution in [-0.4, -0.2) is 20.9 Å². The first-order chi connectivity index (χ1) is 13.4. The van der Waals surface area contributed by atoms with Gasteiger partial charge in [-0.15, -0.1) is 0 Å². The number of nitrogens with two attached hydrogens (primary N) is 1. The van der Waals surface area contributed by atoms with E-state index in [0.717, 1.165) is 11.1 Å². The first kappa shape index (κ1) is 18.7. The Morgan fingerprint density at radius 1 is 1.11 bits per heavy atom. The van der Waals surface area contributed by atoms with Gasteiger partial charge in [-0.3, -0.25) is 4.79 Å². The summed E-state index contributed by atoms with van der Waals surface area (Å²) in [6.45, 7) is 0.568. The fraction of sp³-hybridized carbons (Fsp3) is 0.150. The van der Waals surface area contributed by atoms with Gasteiger partial charge < -0.3 is 15.2 Å². The molecular weight excluding hydrogens is 400 g/mol. The van der Waals surface area contributed by atoms with E-state index in [0.29, 0.717) is 28.8 Å². The molecule has 1 aliphatic heterocycles. The molecule has 0 bridgehead atoms. The number of amides is 1. The predicted octanol–water partition coefficient (Wildman–Crippen LogP) is 2.93. The second-order valence-electron chi connectivity index (χ2n) is 6.53. The first-order valence-electron chi connectivity index (χ1n) is 8.64. The van der Waals surface area contributed by atoms with Crippen molar-refractivity contribution in [1.82, 2.24) is 5.32 Å². The zero-order chi connectivity index (χ0) is 19.9. The van der Waals surface area contributed by atoms with Crippen molar-refractivity contribution in [3.8, 4) is 5.75 Å². The number of hydrogen-bond acceptors (Lipinski definition) is 5. The number of carbonyl (C=O) groups is 1. The Kier molecular flexibility index (Phi) is 4.74. The van der Waals surface area contributed by atoms with Crippen LogP contribution in [-0.2, 0) is 21.3 Å². The Hall–Kier alpha value is -2.61. The van der Waals surface area contributed by atoms with Gasteiger partial charge in [0, 0.05) is 22.3 Å². The largest absolute Gasteiger partial charge is 0.379 e. The van der Waals surface area contributed by atoms with E-state index in [-0.39, 0.29) is 10.6 Å². The number of primary amides is 1. The monoisotopic (exact) mass is 416 g/mol. The van der Waals surface area contributed by atoms with Crippen LogP contribution in [0.5, 0.6) is 5.75 Å². The van der Waals surface area contributed by atoms with E-state index in [1.165, 1.54) is 18.2 Å². The normalized spacial score (nSPS) is 16.5. The molecule has 1 heterocycles. The number of benzene rings is 3. The van der Waals surface area contributed by atoms with E-state index in [4.69, 9.17) is 21.5 Å². The Morgan fingerprint density at radius 3 is 2.61 bits per heavy atom. The van der Waals surface area contributed by atoms with Gasteiger partial charge in [-0.2, -0.15) is 8.42 Å². The molecule has 3 aromatic rings. The summed E-state index contributed by atoms with van der Waals surface area (Å²) in [6.07, 6.45) is 0.639. The summed E-state index contributed by atoms with van der Waals surface area (Å²) in [6, 6.07) is 14.2. The van der Waals surface area contributed by atoms with Crippen LogP contribution in [0, 0.1) is 0 Å². The molecule has 1 atom stereocenters. The molecule has 0 aliphatic carbocycles. The minimum atomic E-state index is -4.08. The summed E-state index contributed by atoms with van der Waals surface area (Å²) in [7, 11) is -4.08. The molecule has 1 aliphatic rings. The minimum absolute atomic E-state index is 0.0434. The number of halogens is 1. The molecule has 3 N–H and O–H groups in total. The number of nitrogens with one attached hydrogen (secondary N) is 1. The lowest BCUT2D eigenvalue weighted by molar-refractivity contribution is -0.120. The molecule has 28 heavy (non-hydrogen) atoms. The maximum atomic E-state index is 12.9. The Bertz CT molecular complexity index is 1190. The third-order valence-electron chi connectivity index (χ3n) is 4.76. The molecule has 6 nitrogen and oxygen atoms in total. The van der Waals surface area contributed by atoms with Crippen molar-refractivity contribution < 1.29 is 17.4 Å². The Morgan fingerprint density at radius 2 is 1.86 bits per heavy atom. The molecule has 0 spiro atoms. The summed E-state index contributed by atoms with van der Waals surface area (Å²) in [4.78, 5) is 11.6. The lowest BCUT2D eigenvalue weighted by Gasteiger charge is -2.25. The quantitative estimate of drug-likeness (QED) is 0.637. The Labute approximate surface area is 167 Å². The van der Waals surface area contributed by atoms with Crippen molar-refractivity contribution in [2.45, 2.75) is 17.4 Å². The summed E-state index contributed by atoms with van der Waals surface area (Å²) in [5, 5.41) is 4.64. The van der Waals surface area contributed by atoms with E-state index in [2.05, 4.69) is 5.32 Å². The van der Waals surface area contributed by atoms with E-state index in [9.17, 15) is 13.2 Å². The van der Waals surface area contributed by atoms with Crippen molar-refractivity contribution in [3.05, 3.63) is 70.7 Å². The number of rotatable bonds is 4. The van der Waals surface area contributed by atoms with Crippen molar-refractivity contribution in [2.75, 3.05) is 6.54 Å². The smallest absolute Gasteiger partial charge is 0.339 e. The van der Waals surface area contributed by atoms with Gasteiger partial charge >= 0.3 is 10.1 Å². The average Bonchev–Trinajstić information content (AvgIpc) is 2.67. The van der Waals surface area contributed by atoms with Crippen LogP contribution in [0.4, 0.5) is 0 Å². The lowest BCUT2D eigenvalue weighted by atomic mass is 9.94. The third-order valence-corrected chi connectivity index (χ3v) is 6.40. The maximum absolute atomic E-state index is 12.9. The van der Waals surface area contributed by atoms with Gasteiger partial charge in [0.05, 0.1) is 0 Å². The van der Waals surface area contributed by atoms with Crippen molar-refractivity contribution in [3.63, 3.8) is 0 Å². The fourth-order valence-corrected chi connectivity index (χ4v) is 4.83. The molecule has 144 valence electrons. The summed E-state index contributed by atoms with van der Waals surface area (Å²) in [5.74, 6) is -0.294. The van der Waals surface area contributed by atoms with Crippen molar-refractivity contribution in [1.29, 1.82) is 0 Å². The van der Waals surface area contributed by atoms with Gasteiger partial charge in [-0.25, -0.2) is 0 Å². The molecular formula is C20H17ClN2O4S. The SMILES string of the molecule is NC(=O)C1NCCc2cc(OS(=O)(=O)c3ccc(Cl)c4ccccc34)ccc21. The second-order valence-corrected chi connectivity index (χ2v) is 8.45. The van der Waals surface area contributed by atoms with E-state index in [1.807, 2.05) is 0 Å². The molecule has 8 heteroatoms. The predicted molar refractivity (Wildman–Crippen MR) is 107 cm³/mol. The molecule has 1 amide bonds. The molecule has 1 unspecified atom stereocenters. The molecule has 0 radical (unpaired) electrons. The highest BCUT2D eigenvalue weighted by molar-refractivity contribution is 7.87. The maximum Gasteiger partial charge on any atom is 0.339 e. The van der Waals surface area contributed by atoms with E-state index in [1.54, 1.807) is 36.4 Å². The molecule has 0 saturated carbocycles. The average molecular weight is 417 g/mol. The van der Waals surface area contributed by atoms with Gasteiger partial charge in [-0.1, -0.05) is 41.9 Å². The van der Waals surface area contributed by atoms with Gasteiger partial charge in [0.1, 0.15) is 16.7 Å². The van der Waals surface area contributed by atoms with Gasteiger partial charge in [0.15, 0.2) is 0 Å². The fourth-order valence-electron chi connectivity index (χ4n) is 3.47. The van der Waals surface area contributed by atoms with Gasteiger partial charge in [0.25, 0.3) is 0 Å². The highest BCUT2D eigenvalue weighted by Gasteiger charge is 2.26. The van der Waals surface area contributed by atoms with Gasteiger partial charge in [-0.05, 0) is 41.8 Å². The van der Waals surface area contributed by atoms with E-state index >= 15 is 0 Å². The van der Waals surface area contributed by atoms with Crippen LogP contribution < -0.4 is 15.2 Å². The highest BCUT2D eigenvalue weighted by Crippen LogP contribution is 2.32. The van der Waals surface area contributed by atoms with Crippen LogP contribution in [0.3, 0.4) is 0 Å². The first-order valence-corrected chi connectivity index (χ1v) is 10.4. The van der Waals surface area contributed by atoms with E-state index < -0.39 is 22.1 Å². The van der Waals surface area contributed by atoms with Crippen LogP contribution in [0.1, 0.15) is 17.2 Å². The van der Waals surface area contributed by atoms with Crippen LogP contribution in [0.2, 0.25) is 5.02 Å². The Balaban J connectivity index is 1.72. The number of hydrogen-bond donors (Lipinski definition) is 2. The summed E-state index contributed by atoms with van der Waals surface area (Å²) >= 11 is 6.18. The highest BCUT2D eigenvalue weighted by atomic mass is 35.5. The number of carbonyl (C=O) groups excluding carboxylic acids is 1. The molecule has 0 saturated heterocycles. The minimum Gasteiger partial charge on any atom is -0.379 e. The topological polar surface area (TPSA) is 98.5 Å². The lowest BCUT2D eigenvalue weighted by Crippen LogP contribution is -2.38. The summed E-state index contributed by atoms with van der Waals surface area (Å²) in [5.41, 5.74) is 6.99. The zero-order valence-corrected chi connectivity index (χ0v) is 16.3. The van der Waals surface area contributed by atoms with Crippen LogP contribution in [0.25, 0.3) is 10.8 Å². The zero-order valence-electron chi connectivity index (χ0n) is 14.7. The summed E-state index contributed by atoms with van der Waals surface area (Å²) < 4.78 is 31.2.